The van der Waals surface area contributed by atoms with Crippen LogP contribution in [0, 0.1) is 25.2 Å². The first kappa shape index (κ1) is 29.3. The maximum absolute atomic E-state index is 13.4. The van der Waals surface area contributed by atoms with Crippen molar-refractivity contribution < 1.29 is 27.5 Å². The maximum Gasteiger partial charge on any atom is 0.416 e. The first-order valence-electron chi connectivity index (χ1n) is 13.0. The zero-order chi connectivity index (χ0) is 30.9. The number of halogens is 3. The third-order valence-corrected chi connectivity index (χ3v) is 7.22. The molecule has 0 saturated carbocycles. The van der Waals surface area contributed by atoms with E-state index in [1.54, 1.807) is 30.3 Å². The minimum absolute atomic E-state index is 0.111. The van der Waals surface area contributed by atoms with Gasteiger partial charge in [0.05, 0.1) is 22.9 Å². The summed E-state index contributed by atoms with van der Waals surface area (Å²) >= 11 is 5.14. The molecule has 43 heavy (non-hydrogen) atoms. The molecule has 4 aromatic rings. The Morgan fingerprint density at radius 3 is 2.40 bits per heavy atom. The molecule has 7 nitrogen and oxygen atoms in total. The number of thiocarbonyl (C=S) groups is 1. The summed E-state index contributed by atoms with van der Waals surface area (Å²) in [6.07, 6.45) is -3.22. The Balaban J connectivity index is 1.40. The van der Waals surface area contributed by atoms with Crippen LogP contribution in [0.1, 0.15) is 33.6 Å². The number of amides is 2. The van der Waals surface area contributed by atoms with Crippen LogP contribution in [0.4, 0.5) is 18.9 Å². The van der Waals surface area contributed by atoms with Crippen LogP contribution in [-0.4, -0.2) is 21.5 Å². The molecule has 216 valence electrons. The minimum atomic E-state index is -4.62. The number of hydrogen-bond donors (Lipinski definition) is 1. The standard InChI is InChI=1S/C32H23F3N4O3S/c1-19-14-23(15-28-29(40)37-31(43)39(30(28)41)26-9-5-8-24(16-26)32(33,34)35)20(2)38(19)25-10-12-27(13-11-25)42-18-22-7-4-3-6-21(22)17-36/h3-16H,18H2,1-2H3,(H,37,40,43)/b28-15+. The first-order chi connectivity index (χ1) is 20.5. The zero-order valence-corrected chi connectivity index (χ0v) is 23.7. The van der Waals surface area contributed by atoms with Crippen molar-refractivity contribution in [3.63, 3.8) is 0 Å². The largest absolute Gasteiger partial charge is 0.489 e. The number of carbonyl (C=O) groups excluding carboxylic acids is 2. The van der Waals surface area contributed by atoms with Crippen molar-refractivity contribution in [2.75, 3.05) is 4.90 Å². The molecule has 1 N–H and O–H groups in total. The Morgan fingerprint density at radius 1 is 0.977 bits per heavy atom. The molecular weight excluding hydrogens is 577 g/mol. The molecule has 3 aromatic carbocycles. The van der Waals surface area contributed by atoms with E-state index < -0.39 is 23.6 Å². The summed E-state index contributed by atoms with van der Waals surface area (Å²) in [4.78, 5) is 27.1. The molecule has 0 spiro atoms. The summed E-state index contributed by atoms with van der Waals surface area (Å²) in [6, 6.07) is 22.6. The van der Waals surface area contributed by atoms with Crippen molar-refractivity contribution in [1.29, 1.82) is 5.26 Å². The molecule has 11 heteroatoms. The van der Waals surface area contributed by atoms with Crippen LogP contribution in [0.3, 0.4) is 0 Å². The van der Waals surface area contributed by atoms with Crippen LogP contribution >= 0.6 is 12.2 Å². The van der Waals surface area contributed by atoms with E-state index in [0.717, 1.165) is 39.7 Å². The average Bonchev–Trinajstić information content (AvgIpc) is 3.26. The normalized spacial score (nSPS) is 14.6. The molecule has 0 atom stereocenters. The number of ether oxygens (including phenoxy) is 1. The van der Waals surface area contributed by atoms with Crippen LogP contribution < -0.4 is 15.0 Å². The summed E-state index contributed by atoms with van der Waals surface area (Å²) in [5, 5.41) is 11.4. The van der Waals surface area contributed by atoms with Crippen molar-refractivity contribution in [1.82, 2.24) is 9.88 Å². The molecular formula is C32H23F3N4O3S. The van der Waals surface area contributed by atoms with Gasteiger partial charge in [0.15, 0.2) is 5.11 Å². The molecule has 1 aliphatic heterocycles. The summed E-state index contributed by atoms with van der Waals surface area (Å²) in [6.45, 7) is 3.92. The zero-order valence-electron chi connectivity index (χ0n) is 22.9. The van der Waals surface area contributed by atoms with Gasteiger partial charge >= 0.3 is 6.18 Å². The highest BCUT2D eigenvalue weighted by Crippen LogP contribution is 2.33. The third-order valence-electron chi connectivity index (χ3n) is 6.93. The molecule has 0 unspecified atom stereocenters. The van der Waals surface area contributed by atoms with E-state index in [1.807, 2.05) is 42.7 Å². The number of anilines is 1. The number of benzene rings is 3. The first-order valence-corrected chi connectivity index (χ1v) is 13.4. The van der Waals surface area contributed by atoms with Gasteiger partial charge in [0, 0.05) is 22.6 Å². The van der Waals surface area contributed by atoms with Crippen molar-refractivity contribution in [3.05, 3.63) is 118 Å². The fourth-order valence-electron chi connectivity index (χ4n) is 4.81. The lowest BCUT2D eigenvalue weighted by Crippen LogP contribution is -2.54. The highest BCUT2D eigenvalue weighted by atomic mass is 32.1. The molecule has 2 amide bonds. The molecule has 5 rings (SSSR count). The second-order valence-electron chi connectivity index (χ2n) is 9.72. The van der Waals surface area contributed by atoms with Gasteiger partial charge in [-0.1, -0.05) is 24.3 Å². The number of nitrogens with zero attached hydrogens (tertiary/aromatic N) is 3. The highest BCUT2D eigenvalue weighted by Gasteiger charge is 2.37. The van der Waals surface area contributed by atoms with Crippen LogP contribution in [0.15, 0.2) is 84.4 Å². The van der Waals surface area contributed by atoms with Crippen molar-refractivity contribution in [3.8, 4) is 17.5 Å². The van der Waals surface area contributed by atoms with Crippen molar-refractivity contribution in [2.24, 2.45) is 0 Å². The van der Waals surface area contributed by atoms with Gasteiger partial charge in [-0.05, 0) is 92.3 Å². The molecule has 1 aliphatic rings. The molecule has 0 radical (unpaired) electrons. The number of rotatable bonds is 6. The summed E-state index contributed by atoms with van der Waals surface area (Å²) in [7, 11) is 0. The van der Waals surface area contributed by atoms with Gasteiger partial charge in [0.25, 0.3) is 11.8 Å². The lowest BCUT2D eigenvalue weighted by Gasteiger charge is -2.29. The molecule has 0 bridgehead atoms. The Labute approximate surface area is 250 Å². The van der Waals surface area contributed by atoms with Crippen LogP contribution in [0.25, 0.3) is 11.8 Å². The number of hydrogen-bond acceptors (Lipinski definition) is 5. The quantitative estimate of drug-likeness (QED) is 0.157. The van der Waals surface area contributed by atoms with Crippen LogP contribution in [0.2, 0.25) is 0 Å². The number of nitrogens with one attached hydrogen (secondary N) is 1. The molecule has 1 aromatic heterocycles. The van der Waals surface area contributed by atoms with E-state index in [4.69, 9.17) is 17.0 Å². The maximum atomic E-state index is 13.4. The number of carbonyl (C=O) groups is 2. The Kier molecular flexibility index (Phi) is 7.89. The van der Waals surface area contributed by atoms with Gasteiger partial charge in [-0.2, -0.15) is 18.4 Å². The van der Waals surface area contributed by atoms with Gasteiger partial charge in [0.2, 0.25) is 0 Å². The van der Waals surface area contributed by atoms with E-state index in [2.05, 4.69) is 11.4 Å². The topological polar surface area (TPSA) is 87.4 Å². The summed E-state index contributed by atoms with van der Waals surface area (Å²) < 4.78 is 47.7. The fraction of sp³-hybridized carbons (Fsp3) is 0.125. The smallest absolute Gasteiger partial charge is 0.416 e. The average molecular weight is 601 g/mol. The summed E-state index contributed by atoms with van der Waals surface area (Å²) in [5.74, 6) is -0.976. The van der Waals surface area contributed by atoms with E-state index in [1.165, 1.54) is 18.2 Å². The van der Waals surface area contributed by atoms with Gasteiger partial charge in [-0.3, -0.25) is 19.8 Å². The Morgan fingerprint density at radius 2 is 1.70 bits per heavy atom. The second kappa shape index (κ2) is 11.6. The number of aromatic nitrogens is 1. The van der Waals surface area contributed by atoms with Gasteiger partial charge in [-0.15, -0.1) is 0 Å². The van der Waals surface area contributed by atoms with Crippen LogP contribution in [0.5, 0.6) is 5.75 Å². The minimum Gasteiger partial charge on any atom is -0.489 e. The lowest BCUT2D eigenvalue weighted by molar-refractivity contribution is -0.137. The van der Waals surface area contributed by atoms with E-state index in [0.29, 0.717) is 16.9 Å². The monoisotopic (exact) mass is 600 g/mol. The van der Waals surface area contributed by atoms with E-state index in [-0.39, 0.29) is 23.0 Å². The number of nitriles is 1. The number of aryl methyl sites for hydroxylation is 1. The molecule has 1 fully saturated rings. The number of alkyl halides is 3. The predicted molar refractivity (Wildman–Crippen MR) is 158 cm³/mol. The van der Waals surface area contributed by atoms with E-state index in [9.17, 15) is 28.0 Å². The molecule has 1 saturated heterocycles. The predicted octanol–water partition coefficient (Wildman–Crippen LogP) is 6.39. The molecule has 0 aliphatic carbocycles. The van der Waals surface area contributed by atoms with Crippen molar-refractivity contribution in [2.45, 2.75) is 26.6 Å². The van der Waals surface area contributed by atoms with Crippen molar-refractivity contribution >= 4 is 40.9 Å². The van der Waals surface area contributed by atoms with Gasteiger partial charge < -0.3 is 9.30 Å². The summed E-state index contributed by atoms with van der Waals surface area (Å²) in [5.41, 5.74) is 2.90. The Bertz CT molecular complexity index is 1840. The van der Waals surface area contributed by atoms with Crippen LogP contribution in [-0.2, 0) is 22.4 Å². The SMILES string of the molecule is Cc1cc(/C=C2\C(=O)NC(=S)N(c3cccc(C(F)(F)F)c3)C2=O)c(C)n1-c1ccc(OCc2ccccc2C#N)cc1. The van der Waals surface area contributed by atoms with Gasteiger partial charge in [0.1, 0.15) is 17.9 Å². The highest BCUT2D eigenvalue weighted by molar-refractivity contribution is 7.80. The lowest BCUT2D eigenvalue weighted by atomic mass is 10.1. The van der Waals surface area contributed by atoms with E-state index >= 15 is 0 Å². The Hall–Kier alpha value is -5.21. The second-order valence-corrected chi connectivity index (χ2v) is 10.1. The third kappa shape index (κ3) is 5.91. The molecule has 2 heterocycles. The van der Waals surface area contributed by atoms with Gasteiger partial charge in [-0.25, -0.2) is 0 Å². The fourth-order valence-corrected chi connectivity index (χ4v) is 5.09.